The van der Waals surface area contributed by atoms with Gasteiger partial charge in [-0.1, -0.05) is 49.6 Å². The molecule has 0 spiro atoms. The summed E-state index contributed by atoms with van der Waals surface area (Å²) in [5.74, 6) is 0.281. The molecular weight excluding hydrogens is 392 g/mol. The van der Waals surface area contributed by atoms with Gasteiger partial charge in [0.25, 0.3) is 10.9 Å². The summed E-state index contributed by atoms with van der Waals surface area (Å²) in [6.07, 6.45) is 9.10. The second-order valence-electron chi connectivity index (χ2n) is 8.01. The van der Waals surface area contributed by atoms with Crippen molar-refractivity contribution in [3.05, 3.63) is 80.9 Å². The van der Waals surface area contributed by atoms with Gasteiger partial charge < -0.3 is 16.0 Å². The Kier molecular flexibility index (Phi) is 6.40. The summed E-state index contributed by atoms with van der Waals surface area (Å²) in [5.41, 5.74) is 0.432. The molecule has 1 aromatic heterocycles. The van der Waals surface area contributed by atoms with Gasteiger partial charge in [0.05, 0.1) is 0 Å². The number of amides is 1. The van der Waals surface area contributed by atoms with Gasteiger partial charge >= 0.3 is 0 Å². The van der Waals surface area contributed by atoms with Crippen LogP contribution in [0.4, 0.5) is 17.1 Å². The molecule has 160 valence electrons. The Hall–Kier alpha value is -3.48. The Bertz CT molecular complexity index is 1090. The molecule has 1 saturated carbocycles. The maximum absolute atomic E-state index is 13.1. The van der Waals surface area contributed by atoms with E-state index in [1.165, 1.54) is 19.3 Å². The molecule has 0 aliphatic heterocycles. The van der Waals surface area contributed by atoms with E-state index in [0.717, 1.165) is 18.4 Å². The lowest BCUT2D eigenvalue weighted by Crippen LogP contribution is -2.42. The third-order valence-electron chi connectivity index (χ3n) is 5.83. The molecule has 1 aliphatic carbocycles. The third-order valence-corrected chi connectivity index (χ3v) is 5.83. The van der Waals surface area contributed by atoms with Gasteiger partial charge in [-0.3, -0.25) is 19.4 Å². The van der Waals surface area contributed by atoms with Crippen LogP contribution in [0, 0.1) is 5.92 Å². The highest BCUT2D eigenvalue weighted by Gasteiger charge is 2.28. The van der Waals surface area contributed by atoms with Crippen molar-refractivity contribution in [2.24, 2.45) is 5.92 Å². The average molecular weight is 418 g/mol. The fourth-order valence-electron chi connectivity index (χ4n) is 4.06. The van der Waals surface area contributed by atoms with Crippen molar-refractivity contribution in [1.29, 1.82) is 0 Å². The molecule has 4 rings (SSSR count). The Morgan fingerprint density at radius 3 is 2.32 bits per heavy atom. The monoisotopic (exact) mass is 418 g/mol. The molecule has 1 amide bonds. The summed E-state index contributed by atoms with van der Waals surface area (Å²) in [4.78, 5) is 41.5. The molecule has 1 heterocycles. The van der Waals surface area contributed by atoms with Gasteiger partial charge in [0, 0.05) is 24.6 Å². The minimum Gasteiger partial charge on any atom is -0.365 e. The maximum Gasteiger partial charge on any atom is 0.253 e. The zero-order valence-electron chi connectivity index (χ0n) is 17.3. The normalized spacial score (nSPS) is 15.4. The van der Waals surface area contributed by atoms with Crippen molar-refractivity contribution in [3.63, 3.8) is 0 Å². The van der Waals surface area contributed by atoms with E-state index in [2.05, 4.69) is 20.9 Å². The Morgan fingerprint density at radius 2 is 1.61 bits per heavy atom. The van der Waals surface area contributed by atoms with Crippen LogP contribution in [0.5, 0.6) is 0 Å². The Morgan fingerprint density at radius 1 is 0.935 bits per heavy atom. The lowest BCUT2D eigenvalue weighted by Gasteiger charge is -2.25. The molecule has 3 N–H and O–H groups in total. The molecule has 31 heavy (non-hydrogen) atoms. The van der Waals surface area contributed by atoms with Crippen molar-refractivity contribution in [1.82, 2.24) is 10.3 Å². The van der Waals surface area contributed by atoms with Crippen LogP contribution in [0.3, 0.4) is 0 Å². The predicted octanol–water partition coefficient (Wildman–Crippen LogP) is 3.27. The van der Waals surface area contributed by atoms with Crippen LogP contribution in [0.15, 0.2) is 64.4 Å². The molecule has 3 aromatic rings. The molecule has 1 unspecified atom stereocenters. The van der Waals surface area contributed by atoms with Crippen LogP contribution >= 0.6 is 0 Å². The van der Waals surface area contributed by atoms with E-state index in [9.17, 15) is 14.4 Å². The van der Waals surface area contributed by atoms with E-state index in [1.807, 2.05) is 30.3 Å². The number of hydrogen-bond donors (Lipinski definition) is 3. The number of nitrogens with zero attached hydrogens (tertiary/aromatic N) is 1. The van der Waals surface area contributed by atoms with Crippen molar-refractivity contribution < 1.29 is 4.79 Å². The minimum atomic E-state index is -0.772. The van der Waals surface area contributed by atoms with Gasteiger partial charge in [-0.15, -0.1) is 0 Å². The lowest BCUT2D eigenvalue weighted by atomic mass is 9.89. The van der Waals surface area contributed by atoms with E-state index in [1.54, 1.807) is 24.5 Å². The molecule has 0 saturated heterocycles. The predicted molar refractivity (Wildman–Crippen MR) is 121 cm³/mol. The molecule has 1 aliphatic rings. The summed E-state index contributed by atoms with van der Waals surface area (Å²) >= 11 is 0. The average Bonchev–Trinajstić information content (AvgIpc) is 2.83. The first-order valence-electron chi connectivity index (χ1n) is 10.7. The largest absolute Gasteiger partial charge is 0.365 e. The Balaban J connectivity index is 1.53. The number of aromatic nitrogens is 1. The molecule has 7 heteroatoms. The second kappa shape index (κ2) is 9.55. The van der Waals surface area contributed by atoms with E-state index in [0.29, 0.717) is 18.2 Å². The molecule has 1 atom stereocenters. The van der Waals surface area contributed by atoms with Crippen molar-refractivity contribution >= 4 is 23.0 Å². The molecular formula is C24H26N4O3. The quantitative estimate of drug-likeness (QED) is 0.486. The van der Waals surface area contributed by atoms with Crippen LogP contribution in [0.2, 0.25) is 0 Å². The van der Waals surface area contributed by atoms with Gasteiger partial charge in [-0.05, 0) is 36.5 Å². The van der Waals surface area contributed by atoms with Crippen LogP contribution in [0.25, 0.3) is 0 Å². The van der Waals surface area contributed by atoms with Gasteiger partial charge in [-0.25, -0.2) is 0 Å². The van der Waals surface area contributed by atoms with Crippen molar-refractivity contribution in [3.8, 4) is 0 Å². The van der Waals surface area contributed by atoms with Crippen LogP contribution in [-0.4, -0.2) is 17.4 Å². The zero-order chi connectivity index (χ0) is 21.6. The molecule has 7 nitrogen and oxygen atoms in total. The van der Waals surface area contributed by atoms with Crippen molar-refractivity contribution in [2.45, 2.75) is 38.1 Å². The summed E-state index contributed by atoms with van der Waals surface area (Å²) < 4.78 is 0. The molecule has 2 aromatic carbocycles. The number of pyridine rings is 1. The number of hydrogen-bond acceptors (Lipinski definition) is 6. The van der Waals surface area contributed by atoms with Crippen LogP contribution in [0.1, 0.15) is 43.7 Å². The van der Waals surface area contributed by atoms with Gasteiger partial charge in [0.1, 0.15) is 17.4 Å². The Labute approximate surface area is 180 Å². The van der Waals surface area contributed by atoms with Crippen LogP contribution in [-0.2, 0) is 4.79 Å². The second-order valence-corrected chi connectivity index (χ2v) is 8.01. The first-order chi connectivity index (χ1) is 15.1. The summed E-state index contributed by atoms with van der Waals surface area (Å²) in [5, 5.41) is 9.04. The van der Waals surface area contributed by atoms with E-state index in [-0.39, 0.29) is 17.3 Å². The van der Waals surface area contributed by atoms with Crippen molar-refractivity contribution in [2.75, 3.05) is 17.2 Å². The number of rotatable bonds is 8. The topological polar surface area (TPSA) is 100 Å². The number of benzene rings is 1. The fourth-order valence-corrected chi connectivity index (χ4v) is 4.06. The third kappa shape index (κ3) is 4.82. The highest BCUT2D eigenvalue weighted by Crippen LogP contribution is 2.26. The summed E-state index contributed by atoms with van der Waals surface area (Å²) in [6.45, 7) is 0.623. The standard InChI is InChI=1S/C24H26N4O3/c29-22-20(27-18-11-13-25-14-12-18)21(23(22)30)28-19(17-9-5-2-6-10-17)24(31)26-15-16-7-3-1-4-8-16/h2,5-6,9-14,16,19,28H,1,3-4,7-8,15H2,(H,25,27)(H,26,31). The lowest BCUT2D eigenvalue weighted by molar-refractivity contribution is -0.122. The van der Waals surface area contributed by atoms with Gasteiger partial charge in [0.2, 0.25) is 5.91 Å². The summed E-state index contributed by atoms with van der Waals surface area (Å²) in [7, 11) is 0. The zero-order valence-corrected chi connectivity index (χ0v) is 17.3. The SMILES string of the molecule is O=C(NCC1CCCCC1)C(Nc1c(Nc2ccncc2)c(=O)c1=O)c1ccccc1. The van der Waals surface area contributed by atoms with E-state index in [4.69, 9.17) is 0 Å². The summed E-state index contributed by atoms with van der Waals surface area (Å²) in [6, 6.07) is 11.9. The number of carbonyl (C=O) groups is 1. The van der Waals surface area contributed by atoms with E-state index < -0.39 is 16.9 Å². The minimum absolute atomic E-state index is 0.128. The smallest absolute Gasteiger partial charge is 0.253 e. The van der Waals surface area contributed by atoms with Crippen LogP contribution < -0.4 is 26.8 Å². The molecule has 0 radical (unpaired) electrons. The first kappa shape index (κ1) is 20.8. The highest BCUT2D eigenvalue weighted by molar-refractivity contribution is 5.89. The molecule has 0 bridgehead atoms. The maximum atomic E-state index is 13.1. The van der Waals surface area contributed by atoms with E-state index >= 15 is 0 Å². The number of carbonyl (C=O) groups excluding carboxylic acids is 1. The first-order valence-corrected chi connectivity index (χ1v) is 10.7. The number of nitrogens with one attached hydrogen (secondary N) is 3. The highest BCUT2D eigenvalue weighted by atomic mass is 16.2. The van der Waals surface area contributed by atoms with Gasteiger partial charge in [-0.2, -0.15) is 0 Å². The van der Waals surface area contributed by atoms with Gasteiger partial charge in [0.15, 0.2) is 0 Å². The number of anilines is 3. The fraction of sp³-hybridized carbons (Fsp3) is 0.333. The molecule has 1 fully saturated rings.